The maximum atomic E-state index is 12.2. The van der Waals surface area contributed by atoms with Crippen LogP contribution in [0.3, 0.4) is 0 Å². The maximum Gasteiger partial charge on any atom is 0.257 e. The van der Waals surface area contributed by atoms with Crippen molar-refractivity contribution in [1.29, 1.82) is 0 Å². The van der Waals surface area contributed by atoms with Crippen LogP contribution in [-0.2, 0) is 10.8 Å². The molecule has 120 valence electrons. The Bertz CT molecular complexity index is 708. The molecule has 1 atom stereocenters. The van der Waals surface area contributed by atoms with Crippen molar-refractivity contribution in [1.82, 2.24) is 4.98 Å². The molecule has 0 saturated carbocycles. The van der Waals surface area contributed by atoms with Gasteiger partial charge in [-0.05, 0) is 49.2 Å². The first-order valence-electron chi connectivity index (χ1n) is 7.59. The fourth-order valence-electron chi connectivity index (χ4n) is 2.59. The predicted octanol–water partition coefficient (Wildman–Crippen LogP) is 2.67. The summed E-state index contributed by atoms with van der Waals surface area (Å²) in [7, 11) is -1.02. The van der Waals surface area contributed by atoms with Gasteiger partial charge in [0.25, 0.3) is 5.91 Å². The quantitative estimate of drug-likeness (QED) is 0.937. The van der Waals surface area contributed by atoms with Crippen LogP contribution in [0, 0.1) is 0 Å². The summed E-state index contributed by atoms with van der Waals surface area (Å²) in [4.78, 5) is 19.6. The van der Waals surface area contributed by atoms with Gasteiger partial charge in [0.15, 0.2) is 0 Å². The van der Waals surface area contributed by atoms with Crippen molar-refractivity contribution in [2.45, 2.75) is 17.7 Å². The molecule has 1 fully saturated rings. The first-order chi connectivity index (χ1) is 11.1. The monoisotopic (exact) mass is 329 g/mol. The van der Waals surface area contributed by atoms with Crippen LogP contribution >= 0.6 is 0 Å². The zero-order valence-corrected chi connectivity index (χ0v) is 13.8. The van der Waals surface area contributed by atoms with Crippen LogP contribution in [0.5, 0.6) is 0 Å². The summed E-state index contributed by atoms with van der Waals surface area (Å²) in [5.74, 6) is 0.727. The van der Waals surface area contributed by atoms with Gasteiger partial charge in [-0.3, -0.25) is 9.00 Å². The van der Waals surface area contributed by atoms with Crippen LogP contribution in [0.15, 0.2) is 47.5 Å². The second kappa shape index (κ2) is 6.91. The Kier molecular flexibility index (Phi) is 4.71. The third-order valence-corrected chi connectivity index (χ3v) is 4.82. The smallest absolute Gasteiger partial charge is 0.257 e. The highest BCUT2D eigenvalue weighted by molar-refractivity contribution is 7.84. The highest BCUT2D eigenvalue weighted by Crippen LogP contribution is 2.18. The zero-order valence-electron chi connectivity index (χ0n) is 13.0. The lowest BCUT2D eigenvalue weighted by molar-refractivity contribution is 0.102. The Hall–Kier alpha value is -2.21. The molecule has 0 bridgehead atoms. The van der Waals surface area contributed by atoms with Crippen LogP contribution in [0.25, 0.3) is 0 Å². The standard InChI is InChI=1S/C17H19N3O2S/c1-23(22)15-7-5-14(6-8-15)19-17(21)13-4-9-16(18-12-13)20-10-2-3-11-20/h4-9,12H,2-3,10-11H2,1H3,(H,19,21)/t23-/m0/s1. The summed E-state index contributed by atoms with van der Waals surface area (Å²) in [5.41, 5.74) is 1.20. The molecule has 1 aliphatic heterocycles. The predicted molar refractivity (Wildman–Crippen MR) is 92.4 cm³/mol. The molecule has 3 rings (SSSR count). The Balaban J connectivity index is 1.66. The van der Waals surface area contributed by atoms with Gasteiger partial charge in [-0.15, -0.1) is 0 Å². The van der Waals surface area contributed by atoms with Gasteiger partial charge in [0.1, 0.15) is 5.82 Å². The molecule has 0 spiro atoms. The molecule has 1 saturated heterocycles. The molecular weight excluding hydrogens is 310 g/mol. The van der Waals surface area contributed by atoms with Crippen molar-refractivity contribution >= 4 is 28.2 Å². The van der Waals surface area contributed by atoms with E-state index >= 15 is 0 Å². The third-order valence-electron chi connectivity index (χ3n) is 3.88. The molecule has 5 nitrogen and oxygen atoms in total. The lowest BCUT2D eigenvalue weighted by Gasteiger charge is -2.16. The SMILES string of the molecule is C[S@](=O)c1ccc(NC(=O)c2ccc(N3CCCC3)nc2)cc1. The first-order valence-corrected chi connectivity index (χ1v) is 9.15. The Morgan fingerprint density at radius 3 is 2.39 bits per heavy atom. The minimum atomic E-state index is -1.02. The number of hydrogen-bond donors (Lipinski definition) is 1. The van der Waals surface area contributed by atoms with Gasteiger partial charge in [-0.1, -0.05) is 0 Å². The van der Waals surface area contributed by atoms with Gasteiger partial charge >= 0.3 is 0 Å². The second-order valence-electron chi connectivity index (χ2n) is 5.53. The van der Waals surface area contributed by atoms with E-state index in [9.17, 15) is 9.00 Å². The molecule has 0 radical (unpaired) electrons. The summed E-state index contributed by atoms with van der Waals surface area (Å²) < 4.78 is 11.4. The van der Waals surface area contributed by atoms with E-state index in [4.69, 9.17) is 0 Å². The molecule has 23 heavy (non-hydrogen) atoms. The largest absolute Gasteiger partial charge is 0.357 e. The molecule has 0 aliphatic carbocycles. The molecule has 2 heterocycles. The highest BCUT2D eigenvalue weighted by Gasteiger charge is 2.14. The number of carbonyl (C=O) groups excluding carboxylic acids is 1. The van der Waals surface area contributed by atoms with E-state index in [1.807, 2.05) is 6.07 Å². The molecule has 2 aromatic rings. The summed E-state index contributed by atoms with van der Waals surface area (Å²) in [6, 6.07) is 10.7. The zero-order chi connectivity index (χ0) is 16.2. The van der Waals surface area contributed by atoms with Gasteiger partial charge in [0, 0.05) is 46.9 Å². The fourth-order valence-corrected chi connectivity index (χ4v) is 3.11. The number of nitrogens with one attached hydrogen (secondary N) is 1. The third kappa shape index (κ3) is 3.76. The Morgan fingerprint density at radius 1 is 1.13 bits per heavy atom. The number of pyridine rings is 1. The molecule has 6 heteroatoms. The normalized spacial score (nSPS) is 15.4. The van der Waals surface area contributed by atoms with Crippen LogP contribution in [-0.4, -0.2) is 34.4 Å². The van der Waals surface area contributed by atoms with Gasteiger partial charge in [0.05, 0.1) is 5.56 Å². The van der Waals surface area contributed by atoms with Crippen LogP contribution in [0.4, 0.5) is 11.5 Å². The number of carbonyl (C=O) groups is 1. The summed E-state index contributed by atoms with van der Waals surface area (Å²) >= 11 is 0. The number of hydrogen-bond acceptors (Lipinski definition) is 4. The van der Waals surface area contributed by atoms with Gasteiger partial charge in [0.2, 0.25) is 0 Å². The Labute approximate surface area is 138 Å². The summed E-state index contributed by atoms with van der Waals surface area (Å²) in [6.45, 7) is 2.06. The van der Waals surface area contributed by atoms with Crippen LogP contribution < -0.4 is 10.2 Å². The number of rotatable bonds is 4. The molecule has 1 amide bonds. The van der Waals surface area contributed by atoms with Crippen LogP contribution in [0.1, 0.15) is 23.2 Å². The summed E-state index contributed by atoms with van der Waals surface area (Å²) in [6.07, 6.45) is 5.63. The van der Waals surface area contributed by atoms with E-state index in [1.165, 1.54) is 12.8 Å². The van der Waals surface area contributed by atoms with Gasteiger partial charge in [-0.25, -0.2) is 4.98 Å². The number of anilines is 2. The first kappa shape index (κ1) is 15.7. The number of aromatic nitrogens is 1. The average molecular weight is 329 g/mol. The van der Waals surface area contributed by atoms with Gasteiger partial charge < -0.3 is 10.2 Å². The molecule has 1 aliphatic rings. The van der Waals surface area contributed by atoms with E-state index in [0.717, 1.165) is 23.8 Å². The van der Waals surface area contributed by atoms with E-state index in [2.05, 4.69) is 15.2 Å². The number of nitrogens with zero attached hydrogens (tertiary/aromatic N) is 2. The molecule has 1 aromatic heterocycles. The highest BCUT2D eigenvalue weighted by atomic mass is 32.2. The molecule has 1 N–H and O–H groups in total. The number of benzene rings is 1. The van der Waals surface area contributed by atoms with Crippen molar-refractivity contribution in [3.8, 4) is 0 Å². The Morgan fingerprint density at radius 2 is 1.83 bits per heavy atom. The minimum absolute atomic E-state index is 0.198. The maximum absolute atomic E-state index is 12.2. The van der Waals surface area contributed by atoms with Crippen molar-refractivity contribution in [2.75, 3.05) is 29.6 Å². The van der Waals surface area contributed by atoms with E-state index in [0.29, 0.717) is 11.3 Å². The van der Waals surface area contributed by atoms with Gasteiger partial charge in [-0.2, -0.15) is 0 Å². The average Bonchev–Trinajstić information content (AvgIpc) is 3.10. The van der Waals surface area contributed by atoms with Crippen LogP contribution in [0.2, 0.25) is 0 Å². The number of amides is 1. The summed E-state index contributed by atoms with van der Waals surface area (Å²) in [5, 5.41) is 2.82. The lowest BCUT2D eigenvalue weighted by atomic mass is 10.2. The van der Waals surface area contributed by atoms with Crippen molar-refractivity contribution in [3.63, 3.8) is 0 Å². The topological polar surface area (TPSA) is 62.3 Å². The lowest BCUT2D eigenvalue weighted by Crippen LogP contribution is -2.19. The minimum Gasteiger partial charge on any atom is -0.357 e. The van der Waals surface area contributed by atoms with Crippen molar-refractivity contribution in [2.24, 2.45) is 0 Å². The second-order valence-corrected chi connectivity index (χ2v) is 6.91. The van der Waals surface area contributed by atoms with E-state index < -0.39 is 10.8 Å². The van der Waals surface area contributed by atoms with Crippen molar-refractivity contribution < 1.29 is 9.00 Å². The molecular formula is C17H19N3O2S. The fraction of sp³-hybridized carbons (Fsp3) is 0.294. The van der Waals surface area contributed by atoms with E-state index in [-0.39, 0.29) is 5.91 Å². The molecule has 1 aromatic carbocycles. The van der Waals surface area contributed by atoms with E-state index in [1.54, 1.807) is 42.8 Å². The molecule has 0 unspecified atom stereocenters. The van der Waals surface area contributed by atoms with Crippen molar-refractivity contribution in [3.05, 3.63) is 48.2 Å².